The van der Waals surface area contributed by atoms with Crippen molar-refractivity contribution in [3.8, 4) is 5.75 Å². The summed E-state index contributed by atoms with van der Waals surface area (Å²) in [6.45, 7) is 0. The van der Waals surface area contributed by atoms with Gasteiger partial charge in [-0.1, -0.05) is 6.07 Å². The number of sulfonamides is 1. The molecule has 0 unspecified atom stereocenters. The summed E-state index contributed by atoms with van der Waals surface area (Å²) in [6, 6.07) is 4.43. The number of aliphatic carboxylic acids is 1. The first-order valence-electron chi connectivity index (χ1n) is 5.30. The number of carbonyl (C=O) groups is 1. The van der Waals surface area contributed by atoms with E-state index in [-0.39, 0.29) is 10.6 Å². The SMILES string of the molecule is COc1ccc(/C=C\C(=O)O)cc1S(=O)(=O)N(C)C. The average Bonchev–Trinajstić information content (AvgIpc) is 2.35. The highest BCUT2D eigenvalue weighted by Gasteiger charge is 2.22. The molecule has 104 valence electrons. The van der Waals surface area contributed by atoms with Gasteiger partial charge in [-0.3, -0.25) is 0 Å². The van der Waals surface area contributed by atoms with Crippen LogP contribution in [0.15, 0.2) is 29.2 Å². The van der Waals surface area contributed by atoms with Gasteiger partial charge in [-0.2, -0.15) is 0 Å². The molecule has 0 saturated heterocycles. The molecule has 0 aliphatic carbocycles. The molecule has 19 heavy (non-hydrogen) atoms. The summed E-state index contributed by atoms with van der Waals surface area (Å²) >= 11 is 0. The Kier molecular flexibility index (Phi) is 4.68. The lowest BCUT2D eigenvalue weighted by atomic mass is 10.2. The maximum atomic E-state index is 12.1. The number of hydrogen-bond acceptors (Lipinski definition) is 4. The third kappa shape index (κ3) is 3.55. The van der Waals surface area contributed by atoms with Gasteiger partial charge in [-0.15, -0.1) is 0 Å². The van der Waals surface area contributed by atoms with Gasteiger partial charge in [0.2, 0.25) is 10.0 Å². The zero-order chi connectivity index (χ0) is 14.6. The minimum absolute atomic E-state index is 0.00691. The van der Waals surface area contributed by atoms with Crippen molar-refractivity contribution >= 4 is 22.1 Å². The maximum Gasteiger partial charge on any atom is 0.328 e. The van der Waals surface area contributed by atoms with Gasteiger partial charge in [0.05, 0.1) is 7.11 Å². The highest BCUT2D eigenvalue weighted by Crippen LogP contribution is 2.27. The van der Waals surface area contributed by atoms with Gasteiger partial charge in [-0.25, -0.2) is 17.5 Å². The Bertz CT molecular complexity index is 605. The second-order valence-electron chi connectivity index (χ2n) is 3.87. The topological polar surface area (TPSA) is 83.9 Å². The molecule has 6 nitrogen and oxygen atoms in total. The van der Waals surface area contributed by atoms with Gasteiger partial charge < -0.3 is 9.84 Å². The fraction of sp³-hybridized carbons (Fsp3) is 0.250. The zero-order valence-electron chi connectivity index (χ0n) is 10.8. The number of methoxy groups -OCH3 is 1. The minimum Gasteiger partial charge on any atom is -0.495 e. The van der Waals surface area contributed by atoms with Crippen LogP contribution in [0, 0.1) is 0 Å². The molecule has 0 amide bonds. The molecule has 7 heteroatoms. The molecular formula is C12H15NO5S. The largest absolute Gasteiger partial charge is 0.495 e. The van der Waals surface area contributed by atoms with E-state index in [9.17, 15) is 13.2 Å². The monoisotopic (exact) mass is 285 g/mol. The third-order valence-corrected chi connectivity index (χ3v) is 4.20. The predicted octanol–water partition coefficient (Wildman–Crippen LogP) is 1.04. The lowest BCUT2D eigenvalue weighted by Gasteiger charge is -2.14. The molecule has 0 atom stereocenters. The quantitative estimate of drug-likeness (QED) is 0.817. The molecule has 0 aliphatic rings. The van der Waals surface area contributed by atoms with Gasteiger partial charge in [0.1, 0.15) is 10.6 Å². The van der Waals surface area contributed by atoms with Crippen molar-refractivity contribution < 1.29 is 23.1 Å². The summed E-state index contributed by atoms with van der Waals surface area (Å²) in [5.41, 5.74) is 0.462. The van der Waals surface area contributed by atoms with E-state index in [4.69, 9.17) is 9.84 Å². The van der Waals surface area contributed by atoms with Crippen LogP contribution in [0.4, 0.5) is 0 Å². The molecule has 0 heterocycles. The molecule has 0 aromatic heterocycles. The fourth-order valence-electron chi connectivity index (χ4n) is 1.36. The maximum absolute atomic E-state index is 12.1. The van der Waals surface area contributed by atoms with Crippen LogP contribution in [0.25, 0.3) is 6.08 Å². The minimum atomic E-state index is -3.65. The second-order valence-corrected chi connectivity index (χ2v) is 5.99. The molecule has 0 bridgehead atoms. The van der Waals surface area contributed by atoms with Crippen LogP contribution in [0.5, 0.6) is 5.75 Å². The molecule has 0 radical (unpaired) electrons. The number of hydrogen-bond donors (Lipinski definition) is 1. The van der Waals surface area contributed by atoms with E-state index < -0.39 is 16.0 Å². The lowest BCUT2D eigenvalue weighted by molar-refractivity contribution is -0.131. The molecule has 1 rings (SSSR count). The number of carboxylic acids is 1. The van der Waals surface area contributed by atoms with Crippen molar-refractivity contribution in [1.29, 1.82) is 0 Å². The van der Waals surface area contributed by atoms with Crippen molar-refractivity contribution in [2.45, 2.75) is 4.90 Å². The summed E-state index contributed by atoms with van der Waals surface area (Å²) in [5.74, 6) is -0.894. The fourth-order valence-corrected chi connectivity index (χ4v) is 2.45. The van der Waals surface area contributed by atoms with Crippen LogP contribution >= 0.6 is 0 Å². The van der Waals surface area contributed by atoms with Gasteiger partial charge in [0.25, 0.3) is 0 Å². The molecule has 1 aromatic rings. The van der Waals surface area contributed by atoms with Crippen LogP contribution < -0.4 is 4.74 Å². The number of rotatable bonds is 5. The van der Waals surface area contributed by atoms with Crippen LogP contribution in [-0.2, 0) is 14.8 Å². The summed E-state index contributed by atoms with van der Waals surface area (Å²) in [6.07, 6.45) is 2.25. The average molecular weight is 285 g/mol. The Balaban J connectivity index is 3.37. The molecule has 0 saturated carbocycles. The Hall–Kier alpha value is -1.86. The molecule has 1 N–H and O–H groups in total. The summed E-state index contributed by atoms with van der Waals surface area (Å²) in [5, 5.41) is 8.55. The highest BCUT2D eigenvalue weighted by molar-refractivity contribution is 7.89. The van der Waals surface area contributed by atoms with E-state index in [1.165, 1.54) is 39.4 Å². The summed E-state index contributed by atoms with van der Waals surface area (Å²) in [7, 11) is 0.541. The van der Waals surface area contributed by atoms with Crippen molar-refractivity contribution in [1.82, 2.24) is 4.31 Å². The smallest absolute Gasteiger partial charge is 0.328 e. The molecule has 1 aromatic carbocycles. The standard InChI is InChI=1S/C12H15NO5S/c1-13(2)19(16,17)11-8-9(5-7-12(14)15)4-6-10(11)18-3/h4-8H,1-3H3,(H,14,15)/b7-5-. The lowest BCUT2D eigenvalue weighted by Crippen LogP contribution is -2.22. The summed E-state index contributed by atoms with van der Waals surface area (Å²) in [4.78, 5) is 10.4. The van der Waals surface area contributed by atoms with Gasteiger partial charge >= 0.3 is 5.97 Å². The number of nitrogens with zero attached hydrogens (tertiary/aromatic N) is 1. The first-order chi connectivity index (χ1) is 8.78. The number of carboxylic acid groups (broad SMARTS) is 1. The number of ether oxygens (including phenoxy) is 1. The van der Waals surface area contributed by atoms with Crippen LogP contribution in [-0.4, -0.2) is 45.0 Å². The van der Waals surface area contributed by atoms with E-state index in [0.717, 1.165) is 10.4 Å². The van der Waals surface area contributed by atoms with E-state index in [2.05, 4.69) is 0 Å². The van der Waals surface area contributed by atoms with E-state index >= 15 is 0 Å². The Morgan fingerprint density at radius 3 is 2.47 bits per heavy atom. The van der Waals surface area contributed by atoms with Crippen molar-refractivity contribution in [3.05, 3.63) is 29.8 Å². The molecular weight excluding hydrogens is 270 g/mol. The number of benzene rings is 1. The van der Waals surface area contributed by atoms with Crippen LogP contribution in [0.3, 0.4) is 0 Å². The first-order valence-corrected chi connectivity index (χ1v) is 6.74. The first kappa shape index (κ1) is 15.2. The van der Waals surface area contributed by atoms with Gasteiger partial charge in [0, 0.05) is 20.2 Å². The van der Waals surface area contributed by atoms with Crippen LogP contribution in [0.2, 0.25) is 0 Å². The van der Waals surface area contributed by atoms with Gasteiger partial charge in [-0.05, 0) is 23.8 Å². The molecule has 0 aliphatic heterocycles. The van der Waals surface area contributed by atoms with Crippen LogP contribution in [0.1, 0.15) is 5.56 Å². The van der Waals surface area contributed by atoms with Crippen molar-refractivity contribution in [3.63, 3.8) is 0 Å². The third-order valence-electron chi connectivity index (χ3n) is 2.36. The van der Waals surface area contributed by atoms with Gasteiger partial charge in [0.15, 0.2) is 0 Å². The highest BCUT2D eigenvalue weighted by atomic mass is 32.2. The second kappa shape index (κ2) is 5.85. The van der Waals surface area contributed by atoms with Crippen molar-refractivity contribution in [2.75, 3.05) is 21.2 Å². The van der Waals surface area contributed by atoms with Crippen molar-refractivity contribution in [2.24, 2.45) is 0 Å². The normalized spacial score (nSPS) is 12.0. The Morgan fingerprint density at radius 2 is 2.00 bits per heavy atom. The molecule has 0 spiro atoms. The molecule has 0 fully saturated rings. The van der Waals surface area contributed by atoms with E-state index in [1.807, 2.05) is 0 Å². The van der Waals surface area contributed by atoms with E-state index in [0.29, 0.717) is 5.56 Å². The predicted molar refractivity (Wildman–Crippen MR) is 70.5 cm³/mol. The summed E-state index contributed by atoms with van der Waals surface area (Å²) < 4.78 is 30.3. The Morgan fingerprint density at radius 1 is 1.37 bits per heavy atom. The Labute approximate surface area is 112 Å². The zero-order valence-corrected chi connectivity index (χ0v) is 11.6. The van der Waals surface area contributed by atoms with E-state index in [1.54, 1.807) is 6.07 Å².